The van der Waals surface area contributed by atoms with Crippen molar-refractivity contribution in [3.05, 3.63) is 18.3 Å². The van der Waals surface area contributed by atoms with E-state index in [4.69, 9.17) is 0 Å². The maximum Gasteiger partial charge on any atom is 0.150 e. The SMILES string of the molecule is C1CCNCC1.c1cnc2c(c1)NCN2. The van der Waals surface area contributed by atoms with Gasteiger partial charge in [-0.3, -0.25) is 0 Å². The second-order valence-electron chi connectivity index (χ2n) is 3.74. The number of rotatable bonds is 0. The fraction of sp³-hybridized carbons (Fsp3) is 0.545. The van der Waals surface area contributed by atoms with E-state index in [1.54, 1.807) is 6.20 Å². The van der Waals surface area contributed by atoms with Crippen molar-refractivity contribution >= 4 is 11.5 Å². The van der Waals surface area contributed by atoms with Gasteiger partial charge in [-0.1, -0.05) is 6.42 Å². The van der Waals surface area contributed by atoms with Crippen molar-refractivity contribution in [1.82, 2.24) is 10.3 Å². The third-order valence-corrected chi connectivity index (χ3v) is 2.55. The van der Waals surface area contributed by atoms with Crippen molar-refractivity contribution in [1.29, 1.82) is 0 Å². The van der Waals surface area contributed by atoms with Crippen LogP contribution in [-0.2, 0) is 0 Å². The van der Waals surface area contributed by atoms with E-state index in [-0.39, 0.29) is 0 Å². The fourth-order valence-corrected chi connectivity index (χ4v) is 1.71. The van der Waals surface area contributed by atoms with Crippen LogP contribution in [0.2, 0.25) is 0 Å². The predicted octanol–water partition coefficient (Wildman–Crippen LogP) is 1.64. The lowest BCUT2D eigenvalue weighted by Gasteiger charge is -2.08. The summed E-state index contributed by atoms with van der Waals surface area (Å²) < 4.78 is 0. The van der Waals surface area contributed by atoms with Crippen LogP contribution in [0.4, 0.5) is 11.5 Å². The number of hydrogen-bond acceptors (Lipinski definition) is 4. The Morgan fingerprint density at radius 2 is 1.93 bits per heavy atom. The number of nitrogens with zero attached hydrogens (tertiary/aromatic N) is 1. The monoisotopic (exact) mass is 206 g/mol. The van der Waals surface area contributed by atoms with Crippen LogP contribution < -0.4 is 16.0 Å². The molecule has 82 valence electrons. The van der Waals surface area contributed by atoms with Gasteiger partial charge in [-0.05, 0) is 38.1 Å². The number of piperidine rings is 1. The highest BCUT2D eigenvalue weighted by molar-refractivity contribution is 5.68. The second-order valence-corrected chi connectivity index (χ2v) is 3.74. The van der Waals surface area contributed by atoms with Gasteiger partial charge in [0, 0.05) is 6.20 Å². The molecule has 2 aliphatic heterocycles. The molecule has 1 fully saturated rings. The molecule has 3 rings (SSSR count). The molecule has 4 heteroatoms. The normalized spacial score (nSPS) is 17.9. The summed E-state index contributed by atoms with van der Waals surface area (Å²) in [5.41, 5.74) is 1.09. The summed E-state index contributed by atoms with van der Waals surface area (Å²) in [6.45, 7) is 3.30. The minimum absolute atomic E-state index is 0.798. The number of aromatic nitrogens is 1. The maximum atomic E-state index is 4.09. The number of anilines is 2. The Morgan fingerprint density at radius 3 is 2.53 bits per heavy atom. The van der Waals surface area contributed by atoms with Crippen molar-refractivity contribution < 1.29 is 0 Å². The Bertz CT molecular complexity index is 262. The van der Waals surface area contributed by atoms with Crippen LogP contribution in [0.15, 0.2) is 18.3 Å². The van der Waals surface area contributed by atoms with Crippen molar-refractivity contribution in [2.75, 3.05) is 30.4 Å². The van der Waals surface area contributed by atoms with Crippen molar-refractivity contribution in [3.63, 3.8) is 0 Å². The molecule has 0 amide bonds. The largest absolute Gasteiger partial charge is 0.365 e. The van der Waals surface area contributed by atoms with Crippen LogP contribution in [0.5, 0.6) is 0 Å². The predicted molar refractivity (Wildman–Crippen MR) is 63.1 cm³/mol. The van der Waals surface area contributed by atoms with Crippen LogP contribution in [0.25, 0.3) is 0 Å². The molecule has 0 atom stereocenters. The van der Waals surface area contributed by atoms with E-state index in [0.29, 0.717) is 0 Å². The molecule has 0 aliphatic carbocycles. The van der Waals surface area contributed by atoms with Gasteiger partial charge >= 0.3 is 0 Å². The molecule has 1 aromatic rings. The Hall–Kier alpha value is -1.29. The summed E-state index contributed by atoms with van der Waals surface area (Å²) >= 11 is 0. The molecular formula is C11H18N4. The molecule has 0 spiro atoms. The van der Waals surface area contributed by atoms with E-state index < -0.39 is 0 Å². The first-order chi connectivity index (χ1) is 7.47. The third-order valence-electron chi connectivity index (χ3n) is 2.55. The molecule has 0 saturated carbocycles. The van der Waals surface area contributed by atoms with E-state index in [0.717, 1.165) is 18.2 Å². The van der Waals surface area contributed by atoms with E-state index in [1.165, 1.54) is 32.4 Å². The molecule has 1 aromatic heterocycles. The topological polar surface area (TPSA) is 49.0 Å². The number of hydrogen-bond donors (Lipinski definition) is 3. The Balaban J connectivity index is 0.000000124. The second kappa shape index (κ2) is 5.56. The lowest BCUT2D eigenvalue weighted by Crippen LogP contribution is -2.21. The summed E-state index contributed by atoms with van der Waals surface area (Å²) in [5.74, 6) is 0.956. The van der Waals surface area contributed by atoms with Gasteiger partial charge in [0.25, 0.3) is 0 Å². The lowest BCUT2D eigenvalue weighted by molar-refractivity contribution is 0.520. The molecule has 3 N–H and O–H groups in total. The quantitative estimate of drug-likeness (QED) is 0.604. The molecule has 0 unspecified atom stereocenters. The highest BCUT2D eigenvalue weighted by atomic mass is 15.2. The van der Waals surface area contributed by atoms with Crippen LogP contribution in [-0.4, -0.2) is 24.7 Å². The minimum Gasteiger partial charge on any atom is -0.365 e. The van der Waals surface area contributed by atoms with Gasteiger partial charge in [0.05, 0.1) is 12.4 Å². The van der Waals surface area contributed by atoms with Crippen LogP contribution in [0.3, 0.4) is 0 Å². The highest BCUT2D eigenvalue weighted by Crippen LogP contribution is 2.20. The summed E-state index contributed by atoms with van der Waals surface area (Å²) in [7, 11) is 0. The van der Waals surface area contributed by atoms with Crippen LogP contribution >= 0.6 is 0 Å². The number of nitrogens with one attached hydrogen (secondary N) is 3. The van der Waals surface area contributed by atoms with Gasteiger partial charge in [-0.2, -0.15) is 0 Å². The summed E-state index contributed by atoms with van der Waals surface area (Å²) in [5, 5.41) is 9.49. The smallest absolute Gasteiger partial charge is 0.150 e. The Morgan fingerprint density at radius 1 is 1.07 bits per heavy atom. The van der Waals surface area contributed by atoms with E-state index in [1.807, 2.05) is 12.1 Å². The summed E-state index contributed by atoms with van der Waals surface area (Å²) in [4.78, 5) is 4.09. The van der Waals surface area contributed by atoms with Crippen molar-refractivity contribution in [3.8, 4) is 0 Å². The average molecular weight is 206 g/mol. The van der Waals surface area contributed by atoms with Crippen LogP contribution in [0, 0.1) is 0 Å². The van der Waals surface area contributed by atoms with E-state index >= 15 is 0 Å². The first-order valence-electron chi connectivity index (χ1n) is 5.60. The molecule has 0 aromatic carbocycles. The van der Waals surface area contributed by atoms with Gasteiger partial charge in [-0.25, -0.2) is 4.98 Å². The molecular weight excluding hydrogens is 188 g/mol. The highest BCUT2D eigenvalue weighted by Gasteiger charge is 2.06. The summed E-state index contributed by atoms with van der Waals surface area (Å²) in [6.07, 6.45) is 5.99. The van der Waals surface area contributed by atoms with Gasteiger partial charge in [-0.15, -0.1) is 0 Å². The maximum absolute atomic E-state index is 4.09. The first-order valence-corrected chi connectivity index (χ1v) is 5.60. The van der Waals surface area contributed by atoms with Gasteiger partial charge in [0.2, 0.25) is 0 Å². The lowest BCUT2D eigenvalue weighted by atomic mass is 10.2. The van der Waals surface area contributed by atoms with Gasteiger partial charge in [0.15, 0.2) is 5.82 Å². The molecule has 0 radical (unpaired) electrons. The number of fused-ring (bicyclic) bond motifs is 1. The average Bonchev–Trinajstić information content (AvgIpc) is 2.80. The third kappa shape index (κ3) is 3.09. The van der Waals surface area contributed by atoms with Crippen molar-refractivity contribution in [2.24, 2.45) is 0 Å². The fourth-order valence-electron chi connectivity index (χ4n) is 1.71. The molecule has 3 heterocycles. The molecule has 2 aliphatic rings. The van der Waals surface area contributed by atoms with E-state index in [9.17, 15) is 0 Å². The van der Waals surface area contributed by atoms with Gasteiger partial charge in [0.1, 0.15) is 0 Å². The first kappa shape index (κ1) is 10.2. The zero-order valence-electron chi connectivity index (χ0n) is 8.92. The zero-order chi connectivity index (χ0) is 10.3. The van der Waals surface area contributed by atoms with Crippen LogP contribution in [0.1, 0.15) is 19.3 Å². The number of pyridine rings is 1. The Kier molecular flexibility index (Phi) is 3.79. The van der Waals surface area contributed by atoms with E-state index in [2.05, 4.69) is 20.9 Å². The standard InChI is InChI=1S/C6H7N3.C5H11N/c1-2-5-6(7-3-1)9-4-8-5;1-2-4-6-5-3-1/h1-3,8H,4H2,(H,7,9);6H,1-5H2. The molecule has 15 heavy (non-hydrogen) atoms. The van der Waals surface area contributed by atoms with Crippen molar-refractivity contribution in [2.45, 2.75) is 19.3 Å². The molecule has 0 bridgehead atoms. The molecule has 1 saturated heterocycles. The van der Waals surface area contributed by atoms with Gasteiger partial charge < -0.3 is 16.0 Å². The zero-order valence-corrected chi connectivity index (χ0v) is 8.92. The summed E-state index contributed by atoms with van der Waals surface area (Å²) in [6, 6.07) is 3.92. The molecule has 4 nitrogen and oxygen atoms in total. The Labute approximate surface area is 90.5 Å². The minimum atomic E-state index is 0.798.